The van der Waals surface area contributed by atoms with Gasteiger partial charge in [-0.05, 0) is 42.9 Å². The summed E-state index contributed by atoms with van der Waals surface area (Å²) in [4.78, 5) is 40.6. The monoisotopic (exact) mass is 338 g/mol. The van der Waals surface area contributed by atoms with Gasteiger partial charge < -0.3 is 4.90 Å². The van der Waals surface area contributed by atoms with Gasteiger partial charge in [-0.2, -0.15) is 0 Å². The maximum atomic E-state index is 12.6. The van der Waals surface area contributed by atoms with Gasteiger partial charge in [0.25, 0.3) is 0 Å². The van der Waals surface area contributed by atoms with Gasteiger partial charge in [0.15, 0.2) is 0 Å². The third-order valence-corrected chi connectivity index (χ3v) is 5.87. The minimum atomic E-state index is -0.188. The summed E-state index contributed by atoms with van der Waals surface area (Å²) in [7, 11) is 1.73. The van der Waals surface area contributed by atoms with E-state index >= 15 is 0 Å². The van der Waals surface area contributed by atoms with Crippen LogP contribution in [0.3, 0.4) is 0 Å². The fraction of sp³-hybridized carbons (Fsp3) is 0.450. The summed E-state index contributed by atoms with van der Waals surface area (Å²) in [6.07, 6.45) is 5.24. The molecule has 1 aromatic rings. The van der Waals surface area contributed by atoms with E-state index in [1.165, 1.54) is 4.90 Å². The lowest BCUT2D eigenvalue weighted by molar-refractivity contribution is -0.140. The van der Waals surface area contributed by atoms with Crippen LogP contribution in [0, 0.1) is 30.6 Å². The highest BCUT2D eigenvalue weighted by atomic mass is 16.2. The number of hydrogen-bond donors (Lipinski definition) is 0. The van der Waals surface area contributed by atoms with Gasteiger partial charge in [0.1, 0.15) is 0 Å². The molecule has 2 fully saturated rings. The zero-order valence-electron chi connectivity index (χ0n) is 14.5. The second-order valence-corrected chi connectivity index (χ2v) is 7.37. The quantitative estimate of drug-likeness (QED) is 0.624. The highest BCUT2D eigenvalue weighted by Crippen LogP contribution is 2.52. The molecule has 1 aromatic carbocycles. The van der Waals surface area contributed by atoms with Gasteiger partial charge in [0, 0.05) is 25.7 Å². The Kier molecular flexibility index (Phi) is 3.74. The summed E-state index contributed by atoms with van der Waals surface area (Å²) in [5.74, 6) is -0.219. The number of benzene rings is 1. The molecular weight excluding hydrogens is 316 g/mol. The largest absolute Gasteiger partial charge is 0.315 e. The third kappa shape index (κ3) is 2.49. The Balaban J connectivity index is 1.41. The second-order valence-electron chi connectivity index (χ2n) is 7.37. The Bertz CT molecular complexity index is 755. The van der Waals surface area contributed by atoms with Crippen molar-refractivity contribution in [1.29, 1.82) is 0 Å². The molecule has 4 atom stereocenters. The lowest BCUT2D eigenvalue weighted by Gasteiger charge is -2.21. The SMILES string of the molecule is Cc1cccc(N(C)C(=O)CCN2C(=O)C3C4C=CC(C4)C3C2=O)c1. The molecule has 4 unspecified atom stereocenters. The van der Waals surface area contributed by atoms with E-state index in [9.17, 15) is 14.4 Å². The van der Waals surface area contributed by atoms with E-state index in [1.807, 2.05) is 31.2 Å². The summed E-state index contributed by atoms with van der Waals surface area (Å²) >= 11 is 0. The molecule has 0 spiro atoms. The van der Waals surface area contributed by atoms with Crippen LogP contribution < -0.4 is 4.90 Å². The van der Waals surface area contributed by atoms with Gasteiger partial charge in [-0.1, -0.05) is 24.3 Å². The summed E-state index contributed by atoms with van der Waals surface area (Å²) in [5, 5.41) is 0. The molecule has 0 radical (unpaired) electrons. The Morgan fingerprint density at radius 3 is 2.40 bits per heavy atom. The van der Waals surface area contributed by atoms with Crippen LogP contribution in [0.4, 0.5) is 5.69 Å². The second kappa shape index (κ2) is 5.83. The molecule has 1 aliphatic heterocycles. The summed E-state index contributed by atoms with van der Waals surface area (Å²) < 4.78 is 0. The number of nitrogens with zero attached hydrogens (tertiary/aromatic N) is 2. The average molecular weight is 338 g/mol. The lowest BCUT2D eigenvalue weighted by Crippen LogP contribution is -2.37. The van der Waals surface area contributed by atoms with Crippen LogP contribution in [-0.4, -0.2) is 36.2 Å². The van der Waals surface area contributed by atoms with E-state index in [0.29, 0.717) is 0 Å². The van der Waals surface area contributed by atoms with Crippen molar-refractivity contribution in [2.75, 3.05) is 18.5 Å². The predicted molar refractivity (Wildman–Crippen MR) is 93.6 cm³/mol. The molecule has 1 heterocycles. The Morgan fingerprint density at radius 2 is 1.80 bits per heavy atom. The van der Waals surface area contributed by atoms with Crippen molar-refractivity contribution in [3.05, 3.63) is 42.0 Å². The van der Waals surface area contributed by atoms with Crippen LogP contribution in [0.5, 0.6) is 0 Å². The maximum Gasteiger partial charge on any atom is 0.233 e. The van der Waals surface area contributed by atoms with Crippen molar-refractivity contribution in [2.45, 2.75) is 19.8 Å². The molecule has 3 amide bonds. The van der Waals surface area contributed by atoms with Gasteiger partial charge in [-0.25, -0.2) is 0 Å². The summed E-state index contributed by atoms with van der Waals surface area (Å²) in [5.41, 5.74) is 1.90. The molecule has 4 rings (SSSR count). The number of imide groups is 1. The first kappa shape index (κ1) is 16.1. The molecule has 130 valence electrons. The Labute approximate surface area is 147 Å². The number of fused-ring (bicyclic) bond motifs is 5. The maximum absolute atomic E-state index is 12.6. The van der Waals surface area contributed by atoms with E-state index in [-0.39, 0.29) is 54.4 Å². The van der Waals surface area contributed by atoms with Crippen LogP contribution in [0.15, 0.2) is 36.4 Å². The molecule has 5 nitrogen and oxygen atoms in total. The van der Waals surface area contributed by atoms with E-state index in [1.54, 1.807) is 11.9 Å². The molecule has 0 N–H and O–H groups in total. The Morgan fingerprint density at radius 1 is 1.16 bits per heavy atom. The van der Waals surface area contributed by atoms with Gasteiger partial charge in [0.2, 0.25) is 17.7 Å². The lowest BCUT2D eigenvalue weighted by atomic mass is 9.85. The van der Waals surface area contributed by atoms with Gasteiger partial charge in [-0.15, -0.1) is 0 Å². The number of anilines is 1. The highest BCUT2D eigenvalue weighted by molar-refractivity contribution is 6.06. The van der Waals surface area contributed by atoms with Crippen molar-refractivity contribution in [2.24, 2.45) is 23.7 Å². The molecule has 1 saturated heterocycles. The first-order chi connectivity index (χ1) is 12.0. The number of amides is 3. The molecule has 25 heavy (non-hydrogen) atoms. The molecule has 2 aliphatic carbocycles. The van der Waals surface area contributed by atoms with E-state index in [4.69, 9.17) is 0 Å². The molecular formula is C20H22N2O3. The van der Waals surface area contributed by atoms with E-state index in [0.717, 1.165) is 17.7 Å². The standard InChI is InChI=1S/C20H22N2O3/c1-12-4-3-5-15(10-12)21(2)16(23)8-9-22-19(24)17-13-6-7-14(11-13)18(17)20(22)25/h3-7,10,13-14,17-18H,8-9,11H2,1-2H3. The predicted octanol–water partition coefficient (Wildman–Crippen LogP) is 2.16. The fourth-order valence-corrected chi connectivity index (χ4v) is 4.54. The van der Waals surface area contributed by atoms with Crippen molar-refractivity contribution < 1.29 is 14.4 Å². The van der Waals surface area contributed by atoms with E-state index in [2.05, 4.69) is 12.2 Å². The van der Waals surface area contributed by atoms with Crippen LogP contribution in [0.1, 0.15) is 18.4 Å². The Hall–Kier alpha value is -2.43. The van der Waals surface area contributed by atoms with Crippen LogP contribution >= 0.6 is 0 Å². The minimum absolute atomic E-state index is 0.0853. The first-order valence-corrected chi connectivity index (χ1v) is 8.84. The van der Waals surface area contributed by atoms with E-state index < -0.39 is 0 Å². The van der Waals surface area contributed by atoms with Crippen molar-refractivity contribution in [3.8, 4) is 0 Å². The molecule has 0 aromatic heterocycles. The number of carbonyl (C=O) groups excluding carboxylic acids is 3. The highest BCUT2D eigenvalue weighted by Gasteiger charge is 2.59. The van der Waals surface area contributed by atoms with Gasteiger partial charge in [0.05, 0.1) is 11.8 Å². The van der Waals surface area contributed by atoms with Crippen molar-refractivity contribution >= 4 is 23.4 Å². The van der Waals surface area contributed by atoms with Crippen molar-refractivity contribution in [3.63, 3.8) is 0 Å². The zero-order valence-corrected chi connectivity index (χ0v) is 14.5. The average Bonchev–Trinajstić information content (AvgIpc) is 3.27. The molecule has 2 bridgehead atoms. The summed E-state index contributed by atoms with van der Waals surface area (Å²) in [6, 6.07) is 7.71. The normalized spacial score (nSPS) is 29.4. The first-order valence-electron chi connectivity index (χ1n) is 8.84. The van der Waals surface area contributed by atoms with Gasteiger partial charge >= 0.3 is 0 Å². The third-order valence-electron chi connectivity index (χ3n) is 5.87. The van der Waals surface area contributed by atoms with Gasteiger partial charge in [-0.3, -0.25) is 19.3 Å². The number of carbonyl (C=O) groups is 3. The zero-order chi connectivity index (χ0) is 17.7. The molecule has 1 saturated carbocycles. The number of aryl methyl sites for hydroxylation is 1. The molecule has 5 heteroatoms. The topological polar surface area (TPSA) is 57.7 Å². The number of rotatable bonds is 4. The summed E-state index contributed by atoms with van der Waals surface area (Å²) in [6.45, 7) is 2.16. The van der Waals surface area contributed by atoms with Crippen molar-refractivity contribution in [1.82, 2.24) is 4.90 Å². The van der Waals surface area contributed by atoms with Crippen LogP contribution in [0.25, 0.3) is 0 Å². The minimum Gasteiger partial charge on any atom is -0.315 e. The van der Waals surface area contributed by atoms with Crippen LogP contribution in [0.2, 0.25) is 0 Å². The fourth-order valence-electron chi connectivity index (χ4n) is 4.54. The smallest absolute Gasteiger partial charge is 0.233 e. The number of likely N-dealkylation sites (tertiary alicyclic amines) is 1. The number of hydrogen-bond acceptors (Lipinski definition) is 3. The molecule has 3 aliphatic rings. The number of allylic oxidation sites excluding steroid dienone is 2. The van der Waals surface area contributed by atoms with Crippen LogP contribution in [-0.2, 0) is 14.4 Å².